The van der Waals surface area contributed by atoms with E-state index in [0.717, 1.165) is 12.3 Å². The molecule has 0 saturated heterocycles. The Bertz CT molecular complexity index is 469. The van der Waals surface area contributed by atoms with Crippen molar-refractivity contribution in [3.8, 4) is 0 Å². The zero-order valence-electron chi connectivity index (χ0n) is 21.3. The number of unbranched alkanes of at least 4 members (excludes halogenated alkanes) is 17. The molecule has 0 fully saturated rings. The van der Waals surface area contributed by atoms with E-state index < -0.39 is 0 Å². The third-order valence-corrected chi connectivity index (χ3v) is 6.93. The van der Waals surface area contributed by atoms with Gasteiger partial charge in [0, 0.05) is 6.04 Å². The zero-order chi connectivity index (χ0) is 22.4. The maximum atomic E-state index is 6.37. The molecule has 0 aliphatic rings. The molecule has 0 heterocycles. The van der Waals surface area contributed by atoms with E-state index in [4.69, 9.17) is 5.73 Å². The topological polar surface area (TPSA) is 26.0 Å². The van der Waals surface area contributed by atoms with Crippen molar-refractivity contribution in [2.75, 3.05) is 0 Å². The van der Waals surface area contributed by atoms with Gasteiger partial charge in [-0.2, -0.15) is 0 Å². The van der Waals surface area contributed by atoms with Crippen LogP contribution in [0.2, 0.25) is 0 Å². The molecule has 0 aliphatic carbocycles. The highest BCUT2D eigenvalue weighted by atomic mass is 14.6. The van der Waals surface area contributed by atoms with E-state index in [9.17, 15) is 0 Å². The summed E-state index contributed by atoms with van der Waals surface area (Å²) in [6.07, 6.45) is 28.5. The van der Waals surface area contributed by atoms with Gasteiger partial charge in [-0.1, -0.05) is 166 Å². The molecular weight excluding hydrogens is 374 g/mol. The molecule has 2 atom stereocenters. The zero-order valence-corrected chi connectivity index (χ0v) is 21.3. The highest BCUT2D eigenvalue weighted by Gasteiger charge is 2.10. The number of nitrogens with two attached hydrogens (primary N) is 1. The molecule has 0 amide bonds. The molecule has 0 aliphatic heterocycles. The fourth-order valence-corrected chi connectivity index (χ4v) is 4.78. The quantitative estimate of drug-likeness (QED) is 0.182. The standard InChI is InChI=1S/C30H55N/c1-3-4-5-6-7-8-9-10-11-12-13-14-15-16-17-18-19-21-24-28(2)27-30(31)29-25-22-20-23-26-29/h20,22-23,25-26,28,30H,3-19,21,24,27,31H2,1-2H3. The first-order valence-corrected chi connectivity index (χ1v) is 14.0. The van der Waals surface area contributed by atoms with Crippen LogP contribution in [0.25, 0.3) is 0 Å². The number of benzene rings is 1. The first-order valence-electron chi connectivity index (χ1n) is 14.0. The van der Waals surface area contributed by atoms with Crippen molar-refractivity contribution >= 4 is 0 Å². The molecule has 1 aromatic rings. The van der Waals surface area contributed by atoms with Crippen LogP contribution in [0.4, 0.5) is 0 Å². The molecule has 1 aromatic carbocycles. The van der Waals surface area contributed by atoms with Crippen LogP contribution < -0.4 is 5.73 Å². The second-order valence-corrected chi connectivity index (χ2v) is 10.2. The summed E-state index contributed by atoms with van der Waals surface area (Å²) in [5.41, 5.74) is 7.65. The Labute approximate surface area is 196 Å². The molecule has 0 spiro atoms. The summed E-state index contributed by atoms with van der Waals surface area (Å²) >= 11 is 0. The summed E-state index contributed by atoms with van der Waals surface area (Å²) in [5, 5.41) is 0. The Balaban J connectivity index is 1.78. The summed E-state index contributed by atoms with van der Waals surface area (Å²) in [5.74, 6) is 0.733. The van der Waals surface area contributed by atoms with Gasteiger partial charge in [-0.15, -0.1) is 0 Å². The summed E-state index contributed by atoms with van der Waals surface area (Å²) in [4.78, 5) is 0. The van der Waals surface area contributed by atoms with E-state index >= 15 is 0 Å². The van der Waals surface area contributed by atoms with Crippen molar-refractivity contribution in [2.45, 2.75) is 148 Å². The highest BCUT2D eigenvalue weighted by Crippen LogP contribution is 2.23. The lowest BCUT2D eigenvalue weighted by molar-refractivity contribution is 0.420. The summed E-state index contributed by atoms with van der Waals surface area (Å²) in [6.45, 7) is 4.67. The average Bonchev–Trinajstić information content (AvgIpc) is 2.78. The Kier molecular flexibility index (Phi) is 19.2. The van der Waals surface area contributed by atoms with Crippen molar-refractivity contribution in [1.82, 2.24) is 0 Å². The van der Waals surface area contributed by atoms with Gasteiger partial charge in [-0.25, -0.2) is 0 Å². The van der Waals surface area contributed by atoms with E-state index in [2.05, 4.69) is 44.2 Å². The molecule has 2 unspecified atom stereocenters. The van der Waals surface area contributed by atoms with Gasteiger partial charge >= 0.3 is 0 Å². The Hall–Kier alpha value is -0.820. The van der Waals surface area contributed by atoms with Crippen molar-refractivity contribution in [2.24, 2.45) is 11.7 Å². The van der Waals surface area contributed by atoms with Crippen LogP contribution >= 0.6 is 0 Å². The predicted octanol–water partition coefficient (Wildman–Crippen LogP) is 10.1. The third kappa shape index (κ3) is 17.4. The monoisotopic (exact) mass is 429 g/mol. The second-order valence-electron chi connectivity index (χ2n) is 10.2. The maximum absolute atomic E-state index is 6.37. The number of hydrogen-bond donors (Lipinski definition) is 1. The summed E-state index contributed by atoms with van der Waals surface area (Å²) < 4.78 is 0. The first-order chi connectivity index (χ1) is 15.2. The molecule has 0 radical (unpaired) electrons. The molecule has 1 heteroatoms. The lowest BCUT2D eigenvalue weighted by Gasteiger charge is -2.17. The van der Waals surface area contributed by atoms with Gasteiger partial charge in [-0.05, 0) is 17.9 Å². The number of rotatable bonds is 22. The van der Waals surface area contributed by atoms with Gasteiger partial charge in [0.2, 0.25) is 0 Å². The van der Waals surface area contributed by atoms with Crippen LogP contribution in [0.5, 0.6) is 0 Å². The van der Waals surface area contributed by atoms with Crippen molar-refractivity contribution in [3.05, 3.63) is 35.9 Å². The van der Waals surface area contributed by atoms with Gasteiger partial charge < -0.3 is 5.73 Å². The first kappa shape index (κ1) is 28.2. The van der Waals surface area contributed by atoms with Crippen molar-refractivity contribution in [3.63, 3.8) is 0 Å². The maximum Gasteiger partial charge on any atom is 0.0297 e. The van der Waals surface area contributed by atoms with E-state index in [1.807, 2.05) is 0 Å². The van der Waals surface area contributed by atoms with E-state index in [0.29, 0.717) is 0 Å². The van der Waals surface area contributed by atoms with Crippen LogP contribution in [0, 0.1) is 5.92 Å². The van der Waals surface area contributed by atoms with Crippen LogP contribution in [0.3, 0.4) is 0 Å². The molecule has 0 saturated carbocycles. The van der Waals surface area contributed by atoms with Crippen LogP contribution in [0.1, 0.15) is 154 Å². The predicted molar refractivity (Wildman–Crippen MR) is 141 cm³/mol. The van der Waals surface area contributed by atoms with Gasteiger partial charge in [0.1, 0.15) is 0 Å². The second kappa shape index (κ2) is 21.0. The Morgan fingerprint density at radius 3 is 1.39 bits per heavy atom. The molecule has 180 valence electrons. The SMILES string of the molecule is CCCCCCCCCCCCCCCCCCCCC(C)CC(N)c1ccccc1. The lowest BCUT2D eigenvalue weighted by atomic mass is 9.92. The van der Waals surface area contributed by atoms with E-state index in [1.165, 1.54) is 128 Å². The van der Waals surface area contributed by atoms with Gasteiger partial charge in [0.15, 0.2) is 0 Å². The van der Waals surface area contributed by atoms with Crippen LogP contribution in [0.15, 0.2) is 30.3 Å². The normalized spacial score (nSPS) is 13.4. The highest BCUT2D eigenvalue weighted by molar-refractivity contribution is 5.18. The minimum Gasteiger partial charge on any atom is -0.324 e. The Morgan fingerprint density at radius 1 is 0.581 bits per heavy atom. The summed E-state index contributed by atoms with van der Waals surface area (Å²) in [7, 11) is 0. The fourth-order valence-electron chi connectivity index (χ4n) is 4.78. The average molecular weight is 430 g/mol. The van der Waals surface area contributed by atoms with Gasteiger partial charge in [0.05, 0.1) is 0 Å². The minimum absolute atomic E-state index is 0.201. The molecule has 0 aromatic heterocycles. The molecular formula is C30H55N. The molecule has 0 bridgehead atoms. The molecule has 31 heavy (non-hydrogen) atoms. The molecule has 1 nitrogen and oxygen atoms in total. The van der Waals surface area contributed by atoms with Crippen LogP contribution in [-0.2, 0) is 0 Å². The van der Waals surface area contributed by atoms with Gasteiger partial charge in [0.25, 0.3) is 0 Å². The minimum atomic E-state index is 0.201. The summed E-state index contributed by atoms with van der Waals surface area (Å²) in [6, 6.07) is 10.8. The lowest BCUT2D eigenvalue weighted by Crippen LogP contribution is -2.14. The smallest absolute Gasteiger partial charge is 0.0297 e. The molecule has 1 rings (SSSR count). The Morgan fingerprint density at radius 2 is 0.968 bits per heavy atom. The van der Waals surface area contributed by atoms with Gasteiger partial charge in [-0.3, -0.25) is 0 Å². The van der Waals surface area contributed by atoms with Crippen LogP contribution in [-0.4, -0.2) is 0 Å². The van der Waals surface area contributed by atoms with E-state index in [-0.39, 0.29) is 6.04 Å². The third-order valence-electron chi connectivity index (χ3n) is 6.93. The number of hydrogen-bond acceptors (Lipinski definition) is 1. The fraction of sp³-hybridized carbons (Fsp3) is 0.800. The van der Waals surface area contributed by atoms with Crippen molar-refractivity contribution < 1.29 is 0 Å². The largest absolute Gasteiger partial charge is 0.324 e. The van der Waals surface area contributed by atoms with Crippen molar-refractivity contribution in [1.29, 1.82) is 0 Å². The molecule has 2 N–H and O–H groups in total. The van der Waals surface area contributed by atoms with E-state index in [1.54, 1.807) is 0 Å².